The van der Waals surface area contributed by atoms with Gasteiger partial charge >= 0.3 is 0 Å². The van der Waals surface area contributed by atoms with Gasteiger partial charge < -0.3 is 9.67 Å². The van der Waals surface area contributed by atoms with E-state index >= 15 is 0 Å². The lowest BCUT2D eigenvalue weighted by molar-refractivity contribution is 0.282. The Kier molecular flexibility index (Phi) is 3.75. The van der Waals surface area contributed by atoms with Crippen molar-refractivity contribution in [3.63, 3.8) is 0 Å². The van der Waals surface area contributed by atoms with Crippen molar-refractivity contribution in [3.05, 3.63) is 47.0 Å². The highest BCUT2D eigenvalue weighted by atomic mass is 35.5. The van der Waals surface area contributed by atoms with Gasteiger partial charge in [-0.3, -0.25) is 0 Å². The predicted octanol–water partition coefficient (Wildman–Crippen LogP) is 1.23. The Morgan fingerprint density at radius 2 is 2.14 bits per heavy atom. The SMILES string of the molecule is O=S(=O)(c1ccc(CO)c(Cl)c1)N1CCn2ccnc2C1. The van der Waals surface area contributed by atoms with Gasteiger partial charge in [0.25, 0.3) is 0 Å². The number of hydrogen-bond acceptors (Lipinski definition) is 4. The molecule has 3 rings (SSSR count). The summed E-state index contributed by atoms with van der Waals surface area (Å²) >= 11 is 5.98. The van der Waals surface area contributed by atoms with E-state index in [1.54, 1.807) is 6.20 Å². The molecular formula is C13H14ClN3O3S. The van der Waals surface area contributed by atoms with E-state index in [0.717, 1.165) is 5.82 Å². The molecule has 112 valence electrons. The molecule has 1 aliphatic rings. The minimum atomic E-state index is -3.62. The number of nitrogens with zero attached hydrogens (tertiary/aromatic N) is 3. The number of halogens is 1. The lowest BCUT2D eigenvalue weighted by atomic mass is 10.2. The van der Waals surface area contributed by atoms with Gasteiger partial charge in [-0.2, -0.15) is 4.31 Å². The van der Waals surface area contributed by atoms with Crippen molar-refractivity contribution in [1.29, 1.82) is 0 Å². The molecule has 0 amide bonds. The molecule has 1 N–H and O–H groups in total. The van der Waals surface area contributed by atoms with Crippen LogP contribution in [0, 0.1) is 0 Å². The quantitative estimate of drug-likeness (QED) is 0.920. The van der Waals surface area contributed by atoms with Gasteiger partial charge in [-0.05, 0) is 17.7 Å². The highest BCUT2D eigenvalue weighted by Crippen LogP contribution is 2.25. The summed E-state index contributed by atoms with van der Waals surface area (Å²) in [6, 6.07) is 4.37. The fourth-order valence-electron chi connectivity index (χ4n) is 2.32. The monoisotopic (exact) mass is 327 g/mol. The van der Waals surface area contributed by atoms with Crippen LogP contribution in [0.2, 0.25) is 5.02 Å². The van der Waals surface area contributed by atoms with Crippen LogP contribution in [0.25, 0.3) is 0 Å². The van der Waals surface area contributed by atoms with Gasteiger partial charge in [-0.25, -0.2) is 13.4 Å². The molecule has 0 saturated heterocycles. The zero-order valence-electron chi connectivity index (χ0n) is 11.1. The number of sulfonamides is 1. The molecule has 0 aliphatic carbocycles. The van der Waals surface area contributed by atoms with Crippen molar-refractivity contribution in [3.8, 4) is 0 Å². The van der Waals surface area contributed by atoms with E-state index in [4.69, 9.17) is 16.7 Å². The van der Waals surface area contributed by atoms with E-state index in [9.17, 15) is 8.42 Å². The fraction of sp³-hybridized carbons (Fsp3) is 0.308. The van der Waals surface area contributed by atoms with Crippen LogP contribution in [0.1, 0.15) is 11.4 Å². The Balaban J connectivity index is 1.93. The molecule has 1 aromatic carbocycles. The summed E-state index contributed by atoms with van der Waals surface area (Å²) < 4.78 is 28.6. The molecule has 1 aromatic heterocycles. The zero-order valence-corrected chi connectivity index (χ0v) is 12.7. The first-order valence-corrected chi connectivity index (χ1v) is 8.23. The normalized spacial score (nSPS) is 15.9. The van der Waals surface area contributed by atoms with Gasteiger partial charge in [0.1, 0.15) is 5.82 Å². The fourth-order valence-corrected chi connectivity index (χ4v) is 4.04. The van der Waals surface area contributed by atoms with Crippen LogP contribution in [0.4, 0.5) is 0 Å². The first-order chi connectivity index (χ1) is 10.0. The van der Waals surface area contributed by atoms with Gasteiger partial charge in [0, 0.05) is 30.5 Å². The largest absolute Gasteiger partial charge is 0.392 e. The van der Waals surface area contributed by atoms with E-state index in [0.29, 0.717) is 18.7 Å². The molecule has 6 nitrogen and oxygen atoms in total. The smallest absolute Gasteiger partial charge is 0.243 e. The summed E-state index contributed by atoms with van der Waals surface area (Å²) in [7, 11) is -3.62. The molecular weight excluding hydrogens is 314 g/mol. The molecule has 0 bridgehead atoms. The molecule has 0 saturated carbocycles. The third-order valence-electron chi connectivity index (χ3n) is 3.54. The molecule has 21 heavy (non-hydrogen) atoms. The summed E-state index contributed by atoms with van der Waals surface area (Å²) in [4.78, 5) is 4.29. The van der Waals surface area contributed by atoms with Crippen molar-refractivity contribution < 1.29 is 13.5 Å². The van der Waals surface area contributed by atoms with E-state index in [2.05, 4.69) is 4.98 Å². The van der Waals surface area contributed by atoms with Crippen LogP contribution in [-0.2, 0) is 29.7 Å². The summed E-state index contributed by atoms with van der Waals surface area (Å²) in [6.07, 6.45) is 3.50. The maximum absolute atomic E-state index is 12.6. The number of aliphatic hydroxyl groups excluding tert-OH is 1. The third kappa shape index (κ3) is 2.57. The van der Waals surface area contributed by atoms with Crippen molar-refractivity contribution >= 4 is 21.6 Å². The average Bonchev–Trinajstić information content (AvgIpc) is 2.94. The maximum atomic E-state index is 12.6. The maximum Gasteiger partial charge on any atom is 0.243 e. The van der Waals surface area contributed by atoms with Crippen LogP contribution < -0.4 is 0 Å². The molecule has 1 aliphatic heterocycles. The lowest BCUT2D eigenvalue weighted by Gasteiger charge is -2.27. The number of hydrogen-bond donors (Lipinski definition) is 1. The topological polar surface area (TPSA) is 75.4 Å². The van der Waals surface area contributed by atoms with Crippen molar-refractivity contribution in [1.82, 2.24) is 13.9 Å². The van der Waals surface area contributed by atoms with Crippen LogP contribution in [0.5, 0.6) is 0 Å². The minimum absolute atomic E-state index is 0.129. The second kappa shape index (κ2) is 5.42. The van der Waals surface area contributed by atoms with Crippen molar-refractivity contribution in [2.24, 2.45) is 0 Å². The highest BCUT2D eigenvalue weighted by Gasteiger charge is 2.29. The second-order valence-corrected chi connectivity index (χ2v) is 7.13. The number of benzene rings is 1. The molecule has 0 spiro atoms. The number of aromatic nitrogens is 2. The summed E-state index contributed by atoms with van der Waals surface area (Å²) in [6.45, 7) is 0.997. The first kappa shape index (κ1) is 14.5. The molecule has 0 radical (unpaired) electrons. The number of imidazole rings is 1. The minimum Gasteiger partial charge on any atom is -0.392 e. The highest BCUT2D eigenvalue weighted by molar-refractivity contribution is 7.89. The Hall–Kier alpha value is -1.41. The third-order valence-corrected chi connectivity index (χ3v) is 5.74. The Bertz CT molecular complexity index is 773. The Morgan fingerprint density at radius 3 is 2.86 bits per heavy atom. The Labute approximate surface area is 127 Å². The predicted molar refractivity (Wildman–Crippen MR) is 77.2 cm³/mol. The van der Waals surface area contributed by atoms with E-state index in [1.165, 1.54) is 22.5 Å². The van der Waals surface area contributed by atoms with E-state index in [1.807, 2.05) is 10.8 Å². The molecule has 2 heterocycles. The van der Waals surface area contributed by atoms with Gasteiger partial charge in [0.2, 0.25) is 10.0 Å². The lowest BCUT2D eigenvalue weighted by Crippen LogP contribution is -2.38. The van der Waals surface area contributed by atoms with Gasteiger partial charge in [-0.1, -0.05) is 17.7 Å². The van der Waals surface area contributed by atoms with E-state index < -0.39 is 10.0 Å². The van der Waals surface area contributed by atoms with Crippen molar-refractivity contribution in [2.75, 3.05) is 6.54 Å². The van der Waals surface area contributed by atoms with E-state index in [-0.39, 0.29) is 23.1 Å². The first-order valence-electron chi connectivity index (χ1n) is 6.42. The standard InChI is InChI=1S/C13H14ClN3O3S/c14-12-7-11(2-1-10(12)9-18)21(19,20)17-6-5-16-4-3-15-13(16)8-17/h1-4,7,18H,5-6,8-9H2. The second-order valence-electron chi connectivity index (χ2n) is 4.79. The average molecular weight is 328 g/mol. The van der Waals surface area contributed by atoms with Crippen molar-refractivity contribution in [2.45, 2.75) is 24.6 Å². The van der Waals surface area contributed by atoms with Crippen LogP contribution >= 0.6 is 11.6 Å². The number of rotatable bonds is 3. The molecule has 8 heteroatoms. The molecule has 0 unspecified atom stereocenters. The van der Waals surface area contributed by atoms with Crippen LogP contribution in [0.3, 0.4) is 0 Å². The Morgan fingerprint density at radius 1 is 1.33 bits per heavy atom. The molecule has 0 fully saturated rings. The van der Waals surface area contributed by atoms with Gasteiger partial charge in [0.15, 0.2) is 0 Å². The molecule has 2 aromatic rings. The molecule has 0 atom stereocenters. The summed E-state index contributed by atoms with van der Waals surface area (Å²) in [5.41, 5.74) is 0.504. The summed E-state index contributed by atoms with van der Waals surface area (Å²) in [5, 5.41) is 9.34. The summed E-state index contributed by atoms with van der Waals surface area (Å²) in [5.74, 6) is 0.725. The van der Waals surface area contributed by atoms with Gasteiger partial charge in [0.05, 0.1) is 18.0 Å². The zero-order chi connectivity index (χ0) is 15.0. The number of aliphatic hydroxyl groups is 1. The van der Waals surface area contributed by atoms with Crippen LogP contribution in [0.15, 0.2) is 35.5 Å². The van der Waals surface area contributed by atoms with Gasteiger partial charge in [-0.15, -0.1) is 0 Å². The number of fused-ring (bicyclic) bond motifs is 1. The van der Waals surface area contributed by atoms with Crippen LogP contribution in [-0.4, -0.2) is 33.9 Å².